The van der Waals surface area contributed by atoms with Gasteiger partial charge in [-0.05, 0) is 50.1 Å². The van der Waals surface area contributed by atoms with Gasteiger partial charge < -0.3 is 24.5 Å². The highest BCUT2D eigenvalue weighted by Crippen LogP contribution is 2.36. The van der Waals surface area contributed by atoms with E-state index < -0.39 is 17.5 Å². The van der Waals surface area contributed by atoms with Gasteiger partial charge in [0.1, 0.15) is 5.60 Å². The highest BCUT2D eigenvalue weighted by atomic mass is 16.5. The van der Waals surface area contributed by atoms with Crippen molar-refractivity contribution in [1.82, 2.24) is 19.0 Å². The van der Waals surface area contributed by atoms with Crippen LogP contribution in [-0.2, 0) is 26.5 Å². The van der Waals surface area contributed by atoms with E-state index in [0.29, 0.717) is 18.8 Å². The maximum atomic E-state index is 12.6. The Labute approximate surface area is 230 Å². The van der Waals surface area contributed by atoms with Gasteiger partial charge in [-0.25, -0.2) is 14.4 Å². The number of carbonyl (C=O) groups is 2. The van der Waals surface area contributed by atoms with Crippen molar-refractivity contribution in [1.29, 1.82) is 0 Å². The number of H-pyrrole nitrogens is 1. The number of carboxylic acid groups (broad SMARTS) is 2. The molecule has 2 aromatic carbocycles. The number of imidazole rings is 1. The lowest BCUT2D eigenvalue weighted by Crippen LogP contribution is -2.45. The molecular weight excluding hydrogens is 512 g/mol. The number of aromatic amines is 1. The van der Waals surface area contributed by atoms with E-state index in [4.69, 9.17) is 14.9 Å². The van der Waals surface area contributed by atoms with Crippen LogP contribution in [0.15, 0.2) is 83.8 Å². The second-order valence-corrected chi connectivity index (χ2v) is 10.2. The predicted molar refractivity (Wildman–Crippen MR) is 150 cm³/mol. The highest BCUT2D eigenvalue weighted by molar-refractivity contribution is 5.89. The standard InChI is InChI=1S/C26H28N4O2.C4H4O4/c1-26(24-11-6-14-29(24)22-9-4-2-7-19(22)17-32-26)18-28-15-12-20(13-16-28)30-23-10-5-3-8-21(23)27-25(30)31;5-3(6)1-2-4(7)8/h2-11,14,20H,12-13,15-18H2,1H3,(H,27,31);1-2H,(H,5,6)(H,7,8)/t26-;/m0./s1. The van der Waals surface area contributed by atoms with Crippen molar-refractivity contribution in [3.05, 3.63) is 101 Å². The van der Waals surface area contributed by atoms with Crippen molar-refractivity contribution in [2.75, 3.05) is 19.6 Å². The fraction of sp³-hybridized carbons (Fsp3) is 0.300. The van der Waals surface area contributed by atoms with E-state index in [9.17, 15) is 14.4 Å². The molecular formula is C30H32N4O6. The summed E-state index contributed by atoms with van der Waals surface area (Å²) in [6.45, 7) is 5.55. The number of rotatable bonds is 5. The molecule has 0 amide bonds. The van der Waals surface area contributed by atoms with E-state index >= 15 is 0 Å². The van der Waals surface area contributed by atoms with E-state index in [1.54, 1.807) is 0 Å². The summed E-state index contributed by atoms with van der Waals surface area (Å²) in [4.78, 5) is 37.2. The van der Waals surface area contributed by atoms with Crippen LogP contribution in [0.2, 0.25) is 0 Å². The molecule has 0 saturated carbocycles. The first-order chi connectivity index (χ1) is 19.2. The van der Waals surface area contributed by atoms with Gasteiger partial charge in [0.05, 0.1) is 29.0 Å². The Morgan fingerprint density at radius 1 is 1.00 bits per heavy atom. The minimum atomic E-state index is -1.26. The molecule has 3 N–H and O–H groups in total. The molecule has 1 saturated heterocycles. The number of likely N-dealkylation sites (tertiary alicyclic amines) is 1. The van der Waals surface area contributed by atoms with Crippen molar-refractivity contribution in [2.24, 2.45) is 0 Å². The molecule has 2 aliphatic rings. The van der Waals surface area contributed by atoms with Crippen LogP contribution in [0.25, 0.3) is 16.7 Å². The van der Waals surface area contributed by atoms with Gasteiger partial charge in [-0.15, -0.1) is 0 Å². The lowest BCUT2D eigenvalue weighted by molar-refractivity contribution is -0.134. The number of nitrogens with one attached hydrogen (secondary N) is 1. The smallest absolute Gasteiger partial charge is 0.328 e. The summed E-state index contributed by atoms with van der Waals surface area (Å²) in [5, 5.41) is 15.6. The number of hydrogen-bond acceptors (Lipinski definition) is 5. The number of piperidine rings is 1. The van der Waals surface area contributed by atoms with E-state index in [1.165, 1.54) is 16.9 Å². The maximum Gasteiger partial charge on any atom is 0.328 e. The molecule has 0 bridgehead atoms. The van der Waals surface area contributed by atoms with E-state index in [1.807, 2.05) is 28.8 Å². The minimum Gasteiger partial charge on any atom is -0.478 e. The van der Waals surface area contributed by atoms with Crippen LogP contribution in [0.5, 0.6) is 0 Å². The maximum absolute atomic E-state index is 12.6. The third kappa shape index (κ3) is 5.63. The van der Waals surface area contributed by atoms with Gasteiger partial charge in [-0.3, -0.25) is 9.47 Å². The van der Waals surface area contributed by atoms with Crippen molar-refractivity contribution in [3.63, 3.8) is 0 Å². The zero-order valence-electron chi connectivity index (χ0n) is 22.2. The Morgan fingerprint density at radius 2 is 1.68 bits per heavy atom. The molecule has 1 atom stereocenters. The second kappa shape index (κ2) is 11.4. The predicted octanol–water partition coefficient (Wildman–Crippen LogP) is 3.91. The molecule has 0 spiro atoms. The van der Waals surface area contributed by atoms with Crippen LogP contribution < -0.4 is 5.69 Å². The Morgan fingerprint density at radius 3 is 2.40 bits per heavy atom. The lowest BCUT2D eigenvalue weighted by atomic mass is 9.98. The molecule has 2 aliphatic heterocycles. The van der Waals surface area contributed by atoms with Gasteiger partial charge in [0.2, 0.25) is 0 Å². The number of para-hydroxylation sites is 3. The summed E-state index contributed by atoms with van der Waals surface area (Å²) >= 11 is 0. The molecule has 1 fully saturated rings. The first kappa shape index (κ1) is 27.2. The molecule has 40 heavy (non-hydrogen) atoms. The van der Waals surface area contributed by atoms with Gasteiger partial charge in [0.25, 0.3) is 0 Å². The number of ether oxygens (including phenoxy) is 1. The molecule has 10 heteroatoms. The summed E-state index contributed by atoms with van der Waals surface area (Å²) in [5.74, 6) is -2.51. The van der Waals surface area contributed by atoms with Crippen LogP contribution in [0.1, 0.15) is 37.1 Å². The number of hydrogen-bond donors (Lipinski definition) is 3. The van der Waals surface area contributed by atoms with E-state index in [2.05, 4.69) is 64.0 Å². The zero-order chi connectivity index (χ0) is 28.3. The van der Waals surface area contributed by atoms with E-state index in [0.717, 1.165) is 43.5 Å². The fourth-order valence-corrected chi connectivity index (χ4v) is 5.67. The summed E-state index contributed by atoms with van der Waals surface area (Å²) in [5.41, 5.74) is 5.13. The number of fused-ring (bicyclic) bond motifs is 4. The molecule has 10 nitrogen and oxygen atoms in total. The lowest BCUT2D eigenvalue weighted by Gasteiger charge is -2.39. The number of nitrogens with zero attached hydrogens (tertiary/aromatic N) is 3. The SMILES string of the molecule is C[C@@]1(CN2CCC(n3c(=O)[nH]c4ccccc43)CC2)OCc2ccccc2-n2cccc21.O=C(O)C=CC(=O)O. The second-order valence-electron chi connectivity index (χ2n) is 10.2. The van der Waals surface area contributed by atoms with Crippen LogP contribution in [0.4, 0.5) is 0 Å². The number of carboxylic acids is 2. The van der Waals surface area contributed by atoms with Crippen molar-refractivity contribution < 1.29 is 24.5 Å². The largest absolute Gasteiger partial charge is 0.478 e. The quantitative estimate of drug-likeness (QED) is 0.325. The summed E-state index contributed by atoms with van der Waals surface area (Å²) < 4.78 is 10.8. The van der Waals surface area contributed by atoms with Crippen LogP contribution in [0.3, 0.4) is 0 Å². The van der Waals surface area contributed by atoms with Crippen LogP contribution in [-0.4, -0.2) is 60.8 Å². The topological polar surface area (TPSA) is 130 Å². The zero-order valence-corrected chi connectivity index (χ0v) is 22.2. The Balaban J connectivity index is 0.000000355. The Bertz CT molecular complexity index is 1590. The monoisotopic (exact) mass is 544 g/mol. The average Bonchev–Trinajstić information content (AvgIpc) is 3.54. The van der Waals surface area contributed by atoms with Gasteiger partial charge in [0, 0.05) is 49.6 Å². The van der Waals surface area contributed by atoms with Crippen molar-refractivity contribution >= 4 is 23.0 Å². The van der Waals surface area contributed by atoms with Crippen LogP contribution in [0, 0.1) is 0 Å². The highest BCUT2D eigenvalue weighted by Gasteiger charge is 2.37. The third-order valence-electron chi connectivity index (χ3n) is 7.53. The Kier molecular flexibility index (Phi) is 7.72. The molecule has 4 aromatic rings. The summed E-state index contributed by atoms with van der Waals surface area (Å²) in [6.07, 6.45) is 5.17. The molecule has 2 aromatic heterocycles. The first-order valence-electron chi connectivity index (χ1n) is 13.2. The molecule has 6 rings (SSSR count). The Hall–Kier alpha value is -4.41. The summed E-state index contributed by atoms with van der Waals surface area (Å²) in [6, 6.07) is 21.0. The molecule has 0 unspecified atom stereocenters. The third-order valence-corrected chi connectivity index (χ3v) is 7.53. The van der Waals surface area contributed by atoms with Gasteiger partial charge >= 0.3 is 17.6 Å². The average molecular weight is 545 g/mol. The molecule has 0 radical (unpaired) electrons. The fourth-order valence-electron chi connectivity index (χ4n) is 5.67. The summed E-state index contributed by atoms with van der Waals surface area (Å²) in [7, 11) is 0. The molecule has 208 valence electrons. The number of aliphatic carboxylic acids is 2. The molecule has 4 heterocycles. The van der Waals surface area contributed by atoms with Crippen molar-refractivity contribution in [3.8, 4) is 5.69 Å². The van der Waals surface area contributed by atoms with Gasteiger partial charge in [-0.1, -0.05) is 30.3 Å². The minimum absolute atomic E-state index is 0.000643. The van der Waals surface area contributed by atoms with Crippen LogP contribution >= 0.6 is 0 Å². The number of benzene rings is 2. The van der Waals surface area contributed by atoms with Gasteiger partial charge in [0.15, 0.2) is 0 Å². The van der Waals surface area contributed by atoms with Crippen molar-refractivity contribution in [2.45, 2.75) is 38.0 Å². The molecule has 0 aliphatic carbocycles. The van der Waals surface area contributed by atoms with Gasteiger partial charge in [-0.2, -0.15) is 0 Å². The van der Waals surface area contributed by atoms with E-state index in [-0.39, 0.29) is 11.7 Å². The number of aromatic nitrogens is 3. The first-order valence-corrected chi connectivity index (χ1v) is 13.2. The normalized spacial score (nSPS) is 19.4.